The summed E-state index contributed by atoms with van der Waals surface area (Å²) >= 11 is 0. The zero-order chi connectivity index (χ0) is 18.8. The number of nitrogens with zero attached hydrogens (tertiary/aromatic N) is 2. The number of carbonyl (C=O) groups is 1. The second-order valence-corrected chi connectivity index (χ2v) is 6.95. The van der Waals surface area contributed by atoms with Crippen LogP contribution in [-0.4, -0.2) is 48.1 Å². The minimum Gasteiger partial charge on any atom is -0.336 e. The van der Waals surface area contributed by atoms with Crippen LogP contribution in [0.2, 0.25) is 0 Å². The highest BCUT2D eigenvalue weighted by Crippen LogP contribution is 2.25. The predicted molar refractivity (Wildman–Crippen MR) is 97.7 cm³/mol. The zero-order valence-corrected chi connectivity index (χ0v) is 14.9. The molecule has 2 unspecified atom stereocenters. The van der Waals surface area contributed by atoms with Gasteiger partial charge in [0.2, 0.25) is 0 Å². The van der Waals surface area contributed by atoms with E-state index in [0.717, 1.165) is 25.1 Å². The Morgan fingerprint density at radius 1 is 0.926 bits per heavy atom. The molecule has 2 aliphatic heterocycles. The Hall–Kier alpha value is -2.35. The van der Waals surface area contributed by atoms with Gasteiger partial charge >= 0.3 is 0 Å². The number of rotatable bonds is 3. The van der Waals surface area contributed by atoms with Crippen molar-refractivity contribution >= 4 is 5.91 Å². The molecule has 2 saturated heterocycles. The number of nitrogens with one attached hydrogen (secondary N) is 2. The zero-order valence-electron chi connectivity index (χ0n) is 14.9. The van der Waals surface area contributed by atoms with Gasteiger partial charge in [-0.05, 0) is 36.2 Å². The normalized spacial score (nSPS) is 23.6. The predicted octanol–water partition coefficient (Wildman–Crippen LogP) is 2.29. The summed E-state index contributed by atoms with van der Waals surface area (Å²) in [4.78, 5) is 16.5. The lowest BCUT2D eigenvalue weighted by atomic mass is 10.0. The van der Waals surface area contributed by atoms with Gasteiger partial charge in [0.05, 0.1) is 11.7 Å². The van der Waals surface area contributed by atoms with Gasteiger partial charge in [-0.15, -0.1) is 0 Å². The van der Waals surface area contributed by atoms with Crippen molar-refractivity contribution in [3.63, 3.8) is 0 Å². The molecule has 142 valence electrons. The maximum atomic E-state index is 13.8. The molecule has 2 heterocycles. The Balaban J connectivity index is 1.33. The number of hydrogen-bond donors (Lipinski definition) is 2. The number of halogens is 2. The first-order valence-electron chi connectivity index (χ1n) is 9.16. The monoisotopic (exact) mass is 372 g/mol. The molecule has 27 heavy (non-hydrogen) atoms. The average Bonchev–Trinajstić information content (AvgIpc) is 3.19. The molecule has 7 heteroatoms. The maximum Gasteiger partial charge on any atom is 0.256 e. The molecule has 2 fully saturated rings. The number of hydrazine groups is 1. The third-order valence-electron chi connectivity index (χ3n) is 5.30. The van der Waals surface area contributed by atoms with Crippen LogP contribution in [0.5, 0.6) is 0 Å². The van der Waals surface area contributed by atoms with E-state index in [1.54, 1.807) is 29.2 Å². The standard InChI is InChI=1S/C20H22F2N4O/c21-15-7-5-14(6-8-15)18-13-19(24-23-18)25-9-11-26(12-10-25)20(27)16-3-1-2-4-17(16)22/h1-8,18-19,23-24H,9-13H2. The first-order valence-corrected chi connectivity index (χ1v) is 9.16. The van der Waals surface area contributed by atoms with Gasteiger partial charge in [-0.3, -0.25) is 9.69 Å². The summed E-state index contributed by atoms with van der Waals surface area (Å²) in [6.45, 7) is 2.56. The fourth-order valence-corrected chi connectivity index (χ4v) is 3.73. The van der Waals surface area contributed by atoms with E-state index in [9.17, 15) is 13.6 Å². The van der Waals surface area contributed by atoms with E-state index >= 15 is 0 Å². The smallest absolute Gasteiger partial charge is 0.256 e. The van der Waals surface area contributed by atoms with Crippen molar-refractivity contribution in [1.29, 1.82) is 0 Å². The lowest BCUT2D eigenvalue weighted by Crippen LogP contribution is -2.55. The van der Waals surface area contributed by atoms with Crippen molar-refractivity contribution < 1.29 is 13.6 Å². The van der Waals surface area contributed by atoms with Crippen molar-refractivity contribution in [2.75, 3.05) is 26.2 Å². The summed E-state index contributed by atoms with van der Waals surface area (Å²) in [5, 5.41) is 0. The summed E-state index contributed by atoms with van der Waals surface area (Å²) < 4.78 is 26.9. The van der Waals surface area contributed by atoms with Crippen molar-refractivity contribution in [2.24, 2.45) is 0 Å². The number of benzene rings is 2. The number of hydrogen-bond acceptors (Lipinski definition) is 4. The Morgan fingerprint density at radius 2 is 1.63 bits per heavy atom. The van der Waals surface area contributed by atoms with Crippen LogP contribution in [0.15, 0.2) is 48.5 Å². The van der Waals surface area contributed by atoms with Gasteiger partial charge in [-0.1, -0.05) is 24.3 Å². The molecule has 2 aromatic rings. The van der Waals surface area contributed by atoms with Crippen molar-refractivity contribution in [1.82, 2.24) is 20.7 Å². The van der Waals surface area contributed by atoms with Crippen LogP contribution >= 0.6 is 0 Å². The van der Waals surface area contributed by atoms with Gasteiger partial charge in [0.25, 0.3) is 5.91 Å². The highest BCUT2D eigenvalue weighted by molar-refractivity contribution is 5.94. The molecule has 0 aliphatic carbocycles. The molecule has 0 bridgehead atoms. The Bertz CT molecular complexity index is 806. The molecule has 5 nitrogen and oxygen atoms in total. The van der Waals surface area contributed by atoms with Crippen LogP contribution in [0, 0.1) is 11.6 Å². The summed E-state index contributed by atoms with van der Waals surface area (Å²) in [6.07, 6.45) is 0.998. The van der Waals surface area contributed by atoms with E-state index in [4.69, 9.17) is 0 Å². The van der Waals surface area contributed by atoms with E-state index in [0.29, 0.717) is 13.1 Å². The van der Waals surface area contributed by atoms with Crippen molar-refractivity contribution in [3.05, 3.63) is 71.3 Å². The molecule has 0 spiro atoms. The number of amides is 1. The van der Waals surface area contributed by atoms with Gasteiger partial charge < -0.3 is 4.90 Å². The first kappa shape index (κ1) is 18.0. The van der Waals surface area contributed by atoms with Crippen LogP contribution < -0.4 is 10.9 Å². The highest BCUT2D eigenvalue weighted by atomic mass is 19.1. The van der Waals surface area contributed by atoms with Crippen LogP contribution in [-0.2, 0) is 0 Å². The Morgan fingerprint density at radius 3 is 2.33 bits per heavy atom. The molecule has 4 rings (SSSR count). The van der Waals surface area contributed by atoms with Crippen molar-refractivity contribution in [3.8, 4) is 0 Å². The van der Waals surface area contributed by atoms with Gasteiger partial charge in [0.1, 0.15) is 11.6 Å². The summed E-state index contributed by atoms with van der Waals surface area (Å²) in [5.74, 6) is -0.972. The quantitative estimate of drug-likeness (QED) is 0.868. The summed E-state index contributed by atoms with van der Waals surface area (Å²) in [6, 6.07) is 12.7. The van der Waals surface area contributed by atoms with E-state index in [-0.39, 0.29) is 29.5 Å². The lowest BCUT2D eigenvalue weighted by molar-refractivity contribution is 0.0541. The van der Waals surface area contributed by atoms with E-state index in [1.165, 1.54) is 24.3 Å². The van der Waals surface area contributed by atoms with Crippen LogP contribution in [0.1, 0.15) is 28.4 Å². The minimum atomic E-state index is -0.478. The Labute approximate surface area is 156 Å². The molecule has 0 aromatic heterocycles. The fourth-order valence-electron chi connectivity index (χ4n) is 3.73. The number of carbonyl (C=O) groups excluding carboxylic acids is 1. The van der Waals surface area contributed by atoms with Gasteiger partial charge in [0, 0.05) is 32.2 Å². The van der Waals surface area contributed by atoms with Crippen molar-refractivity contribution in [2.45, 2.75) is 18.6 Å². The molecule has 2 aromatic carbocycles. The molecular formula is C20H22F2N4O. The average molecular weight is 372 g/mol. The largest absolute Gasteiger partial charge is 0.336 e. The minimum absolute atomic E-state index is 0.119. The second kappa shape index (κ2) is 7.72. The molecule has 0 saturated carbocycles. The molecule has 1 amide bonds. The fraction of sp³-hybridized carbons (Fsp3) is 0.350. The summed E-state index contributed by atoms with van der Waals surface area (Å²) in [5.41, 5.74) is 7.73. The third kappa shape index (κ3) is 3.85. The topological polar surface area (TPSA) is 47.6 Å². The summed E-state index contributed by atoms with van der Waals surface area (Å²) in [7, 11) is 0. The molecular weight excluding hydrogens is 350 g/mol. The third-order valence-corrected chi connectivity index (χ3v) is 5.30. The highest BCUT2D eigenvalue weighted by Gasteiger charge is 2.32. The van der Waals surface area contributed by atoms with Crippen LogP contribution in [0.25, 0.3) is 0 Å². The molecule has 2 N–H and O–H groups in total. The molecule has 2 aliphatic rings. The molecule has 2 atom stereocenters. The molecule has 0 radical (unpaired) electrons. The SMILES string of the molecule is O=C(c1ccccc1F)N1CCN(C2CC(c3ccc(F)cc3)NN2)CC1. The van der Waals surface area contributed by atoms with E-state index in [2.05, 4.69) is 15.8 Å². The second-order valence-electron chi connectivity index (χ2n) is 6.95. The maximum absolute atomic E-state index is 13.8. The van der Waals surface area contributed by atoms with Gasteiger partial charge in [-0.2, -0.15) is 0 Å². The van der Waals surface area contributed by atoms with Crippen LogP contribution in [0.3, 0.4) is 0 Å². The van der Waals surface area contributed by atoms with Gasteiger partial charge in [0.15, 0.2) is 0 Å². The van der Waals surface area contributed by atoms with Gasteiger partial charge in [-0.25, -0.2) is 19.6 Å². The number of piperazine rings is 1. The Kier molecular flexibility index (Phi) is 5.15. The first-order chi connectivity index (χ1) is 13.1. The lowest BCUT2D eigenvalue weighted by Gasteiger charge is -2.37. The van der Waals surface area contributed by atoms with E-state index < -0.39 is 5.82 Å². The van der Waals surface area contributed by atoms with E-state index in [1.807, 2.05) is 0 Å². The van der Waals surface area contributed by atoms with Crippen LogP contribution in [0.4, 0.5) is 8.78 Å².